The molecule has 0 aromatic carbocycles. The highest BCUT2D eigenvalue weighted by molar-refractivity contribution is 5.85. The van der Waals surface area contributed by atoms with Gasteiger partial charge in [0.1, 0.15) is 0 Å². The minimum Gasteiger partial charge on any atom is -0.381 e. The summed E-state index contributed by atoms with van der Waals surface area (Å²) in [6.45, 7) is 10.1. The minimum absolute atomic E-state index is 0. The van der Waals surface area contributed by atoms with Gasteiger partial charge in [-0.1, -0.05) is 6.92 Å². The van der Waals surface area contributed by atoms with Crippen molar-refractivity contribution >= 4 is 30.7 Å². The number of rotatable bonds is 6. The molecule has 0 aromatic heterocycles. The van der Waals surface area contributed by atoms with Gasteiger partial charge in [0.2, 0.25) is 5.91 Å². The van der Waals surface area contributed by atoms with Crippen LogP contribution in [0.5, 0.6) is 0 Å². The van der Waals surface area contributed by atoms with Gasteiger partial charge in [-0.05, 0) is 25.3 Å². The summed E-state index contributed by atoms with van der Waals surface area (Å²) in [6.07, 6.45) is 2.25. The second-order valence-corrected chi connectivity index (χ2v) is 5.60. The second-order valence-electron chi connectivity index (χ2n) is 5.60. The Morgan fingerprint density at radius 1 is 1.24 bits per heavy atom. The lowest BCUT2D eigenvalue weighted by molar-refractivity contribution is -0.132. The van der Waals surface area contributed by atoms with Gasteiger partial charge in [0.05, 0.1) is 13.2 Å². The number of ether oxygens (including phenoxy) is 1. The maximum absolute atomic E-state index is 12.1. The molecule has 2 fully saturated rings. The van der Waals surface area contributed by atoms with Crippen LogP contribution in [0.25, 0.3) is 0 Å². The lowest BCUT2D eigenvalue weighted by Crippen LogP contribution is -2.49. The SMILES string of the molecule is CCCOCC1CCN(CC(=O)N2CCNCC2)C1.Cl.Cl. The molecule has 2 heterocycles. The zero-order valence-corrected chi connectivity index (χ0v) is 14.5. The van der Waals surface area contributed by atoms with Crippen LogP contribution in [0.2, 0.25) is 0 Å². The van der Waals surface area contributed by atoms with Gasteiger partial charge in [-0.3, -0.25) is 9.69 Å². The molecule has 21 heavy (non-hydrogen) atoms. The summed E-state index contributed by atoms with van der Waals surface area (Å²) >= 11 is 0. The predicted octanol–water partition coefficient (Wildman–Crippen LogP) is 1.01. The highest BCUT2D eigenvalue weighted by Crippen LogP contribution is 2.16. The minimum atomic E-state index is 0. The molecule has 1 unspecified atom stereocenters. The predicted molar refractivity (Wildman–Crippen MR) is 89.6 cm³/mol. The fourth-order valence-electron chi connectivity index (χ4n) is 2.79. The number of likely N-dealkylation sites (tertiary alicyclic amines) is 1. The van der Waals surface area contributed by atoms with Crippen molar-refractivity contribution in [1.29, 1.82) is 0 Å². The molecule has 2 aliphatic rings. The fraction of sp³-hybridized carbons (Fsp3) is 0.929. The molecule has 0 aliphatic carbocycles. The molecular weight excluding hydrogens is 313 g/mol. The normalized spacial score (nSPS) is 22.5. The van der Waals surface area contributed by atoms with E-state index >= 15 is 0 Å². The first kappa shape index (κ1) is 20.9. The van der Waals surface area contributed by atoms with Gasteiger partial charge in [0.25, 0.3) is 0 Å². The molecule has 5 nitrogen and oxygen atoms in total. The van der Waals surface area contributed by atoms with Crippen molar-refractivity contribution in [3.63, 3.8) is 0 Å². The molecule has 1 amide bonds. The van der Waals surface area contributed by atoms with Gasteiger partial charge in [0.15, 0.2) is 0 Å². The lowest BCUT2D eigenvalue weighted by Gasteiger charge is -2.29. The quantitative estimate of drug-likeness (QED) is 0.732. The Morgan fingerprint density at radius 3 is 2.62 bits per heavy atom. The van der Waals surface area contributed by atoms with Gasteiger partial charge in [-0.25, -0.2) is 0 Å². The smallest absolute Gasteiger partial charge is 0.236 e. The Morgan fingerprint density at radius 2 is 1.95 bits per heavy atom. The Bertz CT molecular complexity index is 289. The fourth-order valence-corrected chi connectivity index (χ4v) is 2.79. The lowest BCUT2D eigenvalue weighted by atomic mass is 10.1. The van der Waals surface area contributed by atoms with E-state index in [-0.39, 0.29) is 30.7 Å². The Labute approximate surface area is 140 Å². The number of nitrogens with one attached hydrogen (secondary N) is 1. The number of hydrogen-bond acceptors (Lipinski definition) is 4. The van der Waals surface area contributed by atoms with E-state index in [4.69, 9.17) is 4.74 Å². The molecule has 0 saturated carbocycles. The average molecular weight is 342 g/mol. The first-order chi connectivity index (χ1) is 9.29. The van der Waals surface area contributed by atoms with Crippen molar-refractivity contribution in [2.45, 2.75) is 19.8 Å². The van der Waals surface area contributed by atoms with Crippen LogP contribution in [0.15, 0.2) is 0 Å². The molecule has 2 aliphatic heterocycles. The third kappa shape index (κ3) is 7.15. The Kier molecular flexibility index (Phi) is 11.5. The van der Waals surface area contributed by atoms with E-state index in [0.29, 0.717) is 12.5 Å². The summed E-state index contributed by atoms with van der Waals surface area (Å²) < 4.78 is 5.61. The van der Waals surface area contributed by atoms with E-state index in [1.54, 1.807) is 0 Å². The molecule has 1 atom stereocenters. The van der Waals surface area contributed by atoms with E-state index < -0.39 is 0 Å². The monoisotopic (exact) mass is 341 g/mol. The molecule has 1 N–H and O–H groups in total. The topological polar surface area (TPSA) is 44.8 Å². The second kappa shape index (κ2) is 11.5. The molecule has 2 rings (SSSR count). The molecule has 2 saturated heterocycles. The first-order valence-corrected chi connectivity index (χ1v) is 7.58. The van der Waals surface area contributed by atoms with Crippen LogP contribution < -0.4 is 5.32 Å². The summed E-state index contributed by atoms with van der Waals surface area (Å²) in [4.78, 5) is 16.4. The maximum Gasteiger partial charge on any atom is 0.236 e. The van der Waals surface area contributed by atoms with E-state index in [9.17, 15) is 4.79 Å². The number of piperazine rings is 1. The van der Waals surface area contributed by atoms with Gasteiger partial charge >= 0.3 is 0 Å². The van der Waals surface area contributed by atoms with Crippen LogP contribution in [0.3, 0.4) is 0 Å². The van der Waals surface area contributed by atoms with Gasteiger partial charge in [-0.2, -0.15) is 0 Å². The van der Waals surface area contributed by atoms with Crippen LogP contribution >= 0.6 is 24.8 Å². The van der Waals surface area contributed by atoms with Crippen molar-refractivity contribution in [2.24, 2.45) is 5.92 Å². The van der Waals surface area contributed by atoms with Crippen LogP contribution in [-0.4, -0.2) is 74.7 Å². The van der Waals surface area contributed by atoms with Gasteiger partial charge in [0, 0.05) is 39.3 Å². The van der Waals surface area contributed by atoms with E-state index in [0.717, 1.165) is 58.9 Å². The highest BCUT2D eigenvalue weighted by Gasteiger charge is 2.26. The van der Waals surface area contributed by atoms with Crippen LogP contribution in [0, 0.1) is 5.92 Å². The number of hydrogen-bond donors (Lipinski definition) is 1. The Balaban J connectivity index is 0.00000200. The third-order valence-electron chi connectivity index (χ3n) is 3.90. The summed E-state index contributed by atoms with van der Waals surface area (Å²) in [5, 5.41) is 3.27. The van der Waals surface area contributed by atoms with Crippen molar-refractivity contribution < 1.29 is 9.53 Å². The molecule has 0 bridgehead atoms. The van der Waals surface area contributed by atoms with Crippen LogP contribution in [-0.2, 0) is 9.53 Å². The number of carbonyl (C=O) groups is 1. The van der Waals surface area contributed by atoms with Crippen LogP contribution in [0.1, 0.15) is 19.8 Å². The van der Waals surface area contributed by atoms with E-state index in [1.807, 2.05) is 4.90 Å². The average Bonchev–Trinajstić information content (AvgIpc) is 2.88. The zero-order chi connectivity index (χ0) is 13.5. The molecule has 0 radical (unpaired) electrons. The van der Waals surface area contributed by atoms with E-state index in [2.05, 4.69) is 17.1 Å². The number of nitrogens with zero attached hydrogens (tertiary/aromatic N) is 2. The number of carbonyl (C=O) groups excluding carboxylic acids is 1. The molecule has 7 heteroatoms. The van der Waals surface area contributed by atoms with Crippen molar-refractivity contribution in [3.05, 3.63) is 0 Å². The van der Waals surface area contributed by atoms with E-state index in [1.165, 1.54) is 6.42 Å². The third-order valence-corrected chi connectivity index (χ3v) is 3.90. The number of halogens is 2. The summed E-state index contributed by atoms with van der Waals surface area (Å²) in [5.41, 5.74) is 0. The van der Waals surface area contributed by atoms with Gasteiger partial charge < -0.3 is 15.0 Å². The molecule has 0 aromatic rings. The summed E-state index contributed by atoms with van der Waals surface area (Å²) in [5.74, 6) is 0.902. The zero-order valence-electron chi connectivity index (χ0n) is 12.9. The largest absolute Gasteiger partial charge is 0.381 e. The highest BCUT2D eigenvalue weighted by atomic mass is 35.5. The molecular formula is C14H29Cl2N3O2. The Hall–Kier alpha value is -0.0700. The standard InChI is InChI=1S/C14H27N3O2.2ClH/c1-2-9-19-12-13-3-6-16(10-13)11-14(18)17-7-4-15-5-8-17;;/h13,15H,2-12H2,1H3;2*1H. The first-order valence-electron chi connectivity index (χ1n) is 7.58. The van der Waals surface area contributed by atoms with Crippen molar-refractivity contribution in [3.8, 4) is 0 Å². The van der Waals surface area contributed by atoms with Crippen LogP contribution in [0.4, 0.5) is 0 Å². The summed E-state index contributed by atoms with van der Waals surface area (Å²) in [7, 11) is 0. The summed E-state index contributed by atoms with van der Waals surface area (Å²) in [6, 6.07) is 0. The molecule has 126 valence electrons. The molecule has 0 spiro atoms. The van der Waals surface area contributed by atoms with Gasteiger partial charge in [-0.15, -0.1) is 24.8 Å². The van der Waals surface area contributed by atoms with Crippen molar-refractivity contribution in [2.75, 3.05) is 59.0 Å². The number of amides is 1. The van der Waals surface area contributed by atoms with Crippen molar-refractivity contribution in [1.82, 2.24) is 15.1 Å². The maximum atomic E-state index is 12.1.